The normalized spacial score (nSPS) is 19.4. The molecule has 1 aromatic carbocycles. The van der Waals surface area contributed by atoms with Crippen molar-refractivity contribution in [2.75, 3.05) is 6.61 Å². The van der Waals surface area contributed by atoms with E-state index in [0.29, 0.717) is 0 Å². The molecule has 202 valence electrons. The van der Waals surface area contributed by atoms with Gasteiger partial charge in [0, 0.05) is 11.1 Å². The zero-order chi connectivity index (χ0) is 26.0. The third kappa shape index (κ3) is 9.60. The average Bonchev–Trinajstić information content (AvgIpc) is 2.79. The van der Waals surface area contributed by atoms with Crippen LogP contribution >= 0.6 is 15.9 Å². The molecule has 0 amide bonds. The maximum Gasteiger partial charge on any atom is 0.138 e. The average molecular weight is 552 g/mol. The summed E-state index contributed by atoms with van der Waals surface area (Å²) in [6.45, 7) is 19.3. The highest BCUT2D eigenvalue weighted by Crippen LogP contribution is 2.47. The SMILES string of the molecule is CCCCOc1c(C)c(Br)c2c(c1C)CCC(C)(CCCC(C)CCCC(C)CCCC(C)C)O2. The highest BCUT2D eigenvalue weighted by Gasteiger charge is 2.35. The van der Waals surface area contributed by atoms with Crippen LogP contribution in [0.4, 0.5) is 0 Å². The van der Waals surface area contributed by atoms with E-state index < -0.39 is 0 Å². The van der Waals surface area contributed by atoms with Crippen LogP contribution in [0.1, 0.15) is 135 Å². The van der Waals surface area contributed by atoms with Gasteiger partial charge in [-0.05, 0) is 92.1 Å². The first-order valence-electron chi connectivity index (χ1n) is 14.7. The van der Waals surface area contributed by atoms with Crippen molar-refractivity contribution >= 4 is 15.9 Å². The summed E-state index contributed by atoms with van der Waals surface area (Å²) < 4.78 is 14.0. The topological polar surface area (TPSA) is 18.5 Å². The van der Waals surface area contributed by atoms with Crippen LogP contribution in [0.2, 0.25) is 0 Å². The first-order valence-corrected chi connectivity index (χ1v) is 15.5. The minimum absolute atomic E-state index is 0.0658. The van der Waals surface area contributed by atoms with Gasteiger partial charge in [0.2, 0.25) is 0 Å². The number of ether oxygens (including phenoxy) is 2. The van der Waals surface area contributed by atoms with Crippen molar-refractivity contribution < 1.29 is 9.47 Å². The van der Waals surface area contributed by atoms with E-state index in [1.165, 1.54) is 68.1 Å². The van der Waals surface area contributed by atoms with Crippen LogP contribution in [0.15, 0.2) is 4.47 Å². The molecular weight excluding hydrogens is 496 g/mol. The van der Waals surface area contributed by atoms with Crippen molar-refractivity contribution in [2.45, 2.75) is 144 Å². The van der Waals surface area contributed by atoms with Crippen molar-refractivity contribution in [3.8, 4) is 11.5 Å². The molecular formula is C32H55BrO2. The minimum Gasteiger partial charge on any atom is -0.493 e. The molecule has 0 saturated carbocycles. The molecule has 1 aliphatic heterocycles. The van der Waals surface area contributed by atoms with Crippen molar-refractivity contribution in [3.05, 3.63) is 21.2 Å². The molecule has 0 bridgehead atoms. The summed E-state index contributed by atoms with van der Waals surface area (Å²) in [5.41, 5.74) is 3.71. The number of benzene rings is 1. The summed E-state index contributed by atoms with van der Waals surface area (Å²) in [7, 11) is 0. The molecule has 3 unspecified atom stereocenters. The fraction of sp³-hybridized carbons (Fsp3) is 0.812. The largest absolute Gasteiger partial charge is 0.493 e. The summed E-state index contributed by atoms with van der Waals surface area (Å²) in [5, 5.41) is 0. The Morgan fingerprint density at radius 2 is 1.49 bits per heavy atom. The van der Waals surface area contributed by atoms with Gasteiger partial charge in [0.05, 0.1) is 11.1 Å². The molecule has 2 nitrogen and oxygen atoms in total. The fourth-order valence-electron chi connectivity index (χ4n) is 5.60. The van der Waals surface area contributed by atoms with Gasteiger partial charge in [0.15, 0.2) is 0 Å². The van der Waals surface area contributed by atoms with Crippen LogP contribution < -0.4 is 9.47 Å². The molecule has 0 saturated heterocycles. The molecule has 2 rings (SSSR count). The highest BCUT2D eigenvalue weighted by atomic mass is 79.9. The lowest BCUT2D eigenvalue weighted by Gasteiger charge is -2.38. The lowest BCUT2D eigenvalue weighted by molar-refractivity contribution is 0.0510. The third-order valence-corrected chi connectivity index (χ3v) is 9.16. The van der Waals surface area contributed by atoms with E-state index in [2.05, 4.69) is 71.3 Å². The molecule has 0 aromatic heterocycles. The molecule has 1 heterocycles. The minimum atomic E-state index is -0.0658. The molecule has 0 fully saturated rings. The predicted octanol–water partition coefficient (Wildman–Crippen LogP) is 10.8. The van der Waals surface area contributed by atoms with Gasteiger partial charge in [0.1, 0.15) is 17.1 Å². The molecule has 0 radical (unpaired) electrons. The summed E-state index contributed by atoms with van der Waals surface area (Å²) in [4.78, 5) is 0. The molecule has 3 heteroatoms. The number of halogens is 1. The van der Waals surface area contributed by atoms with Gasteiger partial charge < -0.3 is 9.47 Å². The monoisotopic (exact) mass is 550 g/mol. The van der Waals surface area contributed by atoms with Crippen LogP contribution in [0, 0.1) is 31.6 Å². The first-order chi connectivity index (χ1) is 16.6. The standard InChI is InChI=1S/C32H55BrO2/c1-9-10-22-34-30-26(6)28-19-21-32(8,35-31(28)29(33)27(30)7)20-13-18-25(5)17-12-16-24(4)15-11-14-23(2)3/h23-25H,9-22H2,1-8H3. The zero-order valence-electron chi connectivity index (χ0n) is 24.3. The number of fused-ring (bicyclic) bond motifs is 1. The molecule has 0 aliphatic carbocycles. The molecule has 0 N–H and O–H groups in total. The van der Waals surface area contributed by atoms with E-state index in [1.807, 2.05) is 0 Å². The van der Waals surface area contributed by atoms with Crippen molar-refractivity contribution in [1.29, 1.82) is 0 Å². The van der Waals surface area contributed by atoms with Gasteiger partial charge in [-0.15, -0.1) is 0 Å². The lowest BCUT2D eigenvalue weighted by atomic mass is 9.85. The summed E-state index contributed by atoms with van der Waals surface area (Å²) in [5.74, 6) is 4.67. The van der Waals surface area contributed by atoms with Gasteiger partial charge in [-0.3, -0.25) is 0 Å². The number of rotatable bonds is 16. The Bertz CT molecular complexity index is 772. The number of unbranched alkanes of at least 4 members (excludes halogenated alkanes) is 1. The lowest BCUT2D eigenvalue weighted by Crippen LogP contribution is -2.37. The van der Waals surface area contributed by atoms with E-state index in [0.717, 1.165) is 72.4 Å². The molecule has 1 aliphatic rings. The van der Waals surface area contributed by atoms with Crippen LogP contribution in [0.25, 0.3) is 0 Å². The van der Waals surface area contributed by atoms with E-state index in [1.54, 1.807) is 0 Å². The fourth-order valence-corrected chi connectivity index (χ4v) is 6.10. The second kappa shape index (κ2) is 14.9. The maximum atomic E-state index is 6.74. The van der Waals surface area contributed by atoms with Crippen molar-refractivity contribution in [3.63, 3.8) is 0 Å². The van der Waals surface area contributed by atoms with Crippen LogP contribution in [-0.2, 0) is 6.42 Å². The Morgan fingerprint density at radius 1 is 0.886 bits per heavy atom. The van der Waals surface area contributed by atoms with Gasteiger partial charge in [-0.2, -0.15) is 0 Å². The summed E-state index contributed by atoms with van der Waals surface area (Å²) >= 11 is 3.86. The van der Waals surface area contributed by atoms with E-state index in [4.69, 9.17) is 9.47 Å². The van der Waals surface area contributed by atoms with Gasteiger partial charge in [0.25, 0.3) is 0 Å². The molecule has 3 atom stereocenters. The number of hydrogen-bond donors (Lipinski definition) is 0. The third-order valence-electron chi connectivity index (χ3n) is 8.21. The number of hydrogen-bond acceptors (Lipinski definition) is 2. The second-order valence-corrected chi connectivity index (χ2v) is 13.1. The van der Waals surface area contributed by atoms with E-state index in [-0.39, 0.29) is 5.60 Å². The van der Waals surface area contributed by atoms with E-state index >= 15 is 0 Å². The Morgan fingerprint density at radius 3 is 2.09 bits per heavy atom. The Labute approximate surface area is 226 Å². The van der Waals surface area contributed by atoms with Gasteiger partial charge in [-0.1, -0.05) is 86.0 Å². The smallest absolute Gasteiger partial charge is 0.138 e. The predicted molar refractivity (Wildman–Crippen MR) is 156 cm³/mol. The molecule has 1 aromatic rings. The van der Waals surface area contributed by atoms with E-state index in [9.17, 15) is 0 Å². The zero-order valence-corrected chi connectivity index (χ0v) is 25.9. The Balaban J connectivity index is 1.81. The van der Waals surface area contributed by atoms with Crippen LogP contribution in [0.5, 0.6) is 11.5 Å². The van der Waals surface area contributed by atoms with Crippen molar-refractivity contribution in [1.82, 2.24) is 0 Å². The molecule has 0 spiro atoms. The maximum absolute atomic E-state index is 6.74. The Kier molecular flexibility index (Phi) is 13.0. The highest BCUT2D eigenvalue weighted by molar-refractivity contribution is 9.10. The second-order valence-electron chi connectivity index (χ2n) is 12.3. The summed E-state index contributed by atoms with van der Waals surface area (Å²) in [6, 6.07) is 0. The quantitative estimate of drug-likeness (QED) is 0.190. The summed E-state index contributed by atoms with van der Waals surface area (Å²) in [6.07, 6.45) is 16.5. The Hall–Kier alpha value is -0.700. The van der Waals surface area contributed by atoms with Crippen LogP contribution in [0.3, 0.4) is 0 Å². The first kappa shape index (κ1) is 30.5. The van der Waals surface area contributed by atoms with Gasteiger partial charge in [-0.25, -0.2) is 0 Å². The van der Waals surface area contributed by atoms with Gasteiger partial charge >= 0.3 is 0 Å². The van der Waals surface area contributed by atoms with Crippen LogP contribution in [-0.4, -0.2) is 12.2 Å². The van der Waals surface area contributed by atoms with Crippen molar-refractivity contribution in [2.24, 2.45) is 17.8 Å². The molecule has 35 heavy (non-hydrogen) atoms.